The number of nitrogens with zero attached hydrogens (tertiary/aromatic N) is 1. The molecule has 3 rings (SSSR count). The third kappa shape index (κ3) is 4.42. The van der Waals surface area contributed by atoms with Crippen LogP contribution in [0.15, 0.2) is 30.8 Å². The molecule has 2 unspecified atom stereocenters. The topological polar surface area (TPSA) is 46.6 Å². The van der Waals surface area contributed by atoms with Crippen LogP contribution in [0.5, 0.6) is 0 Å². The molecule has 2 fully saturated rings. The van der Waals surface area contributed by atoms with E-state index in [-0.39, 0.29) is 29.9 Å². The van der Waals surface area contributed by atoms with Crippen molar-refractivity contribution in [2.45, 2.75) is 77.5 Å². The summed E-state index contributed by atoms with van der Waals surface area (Å²) in [6.45, 7) is 11.6. The molecule has 0 aromatic heterocycles. The largest absolute Gasteiger partial charge is 0.444 e. The molecule has 2 aliphatic heterocycles. The van der Waals surface area contributed by atoms with Crippen LogP contribution in [0.2, 0.25) is 0 Å². The third-order valence-electron chi connectivity index (χ3n) is 5.61. The zero-order valence-electron chi connectivity index (χ0n) is 17.0. The van der Waals surface area contributed by atoms with Crippen molar-refractivity contribution in [1.82, 2.24) is 4.90 Å². The van der Waals surface area contributed by atoms with Gasteiger partial charge in [-0.25, -0.2) is 4.79 Å². The minimum Gasteiger partial charge on any atom is -0.444 e. The number of benzene rings is 1. The van der Waals surface area contributed by atoms with Crippen LogP contribution in [-0.4, -0.2) is 34.5 Å². The minimum absolute atomic E-state index is 0.0188. The lowest BCUT2D eigenvalue weighted by Gasteiger charge is -2.48. The first-order chi connectivity index (χ1) is 12.7. The third-order valence-corrected chi connectivity index (χ3v) is 5.61. The molecule has 4 nitrogen and oxygen atoms in total. The normalized spacial score (nSPS) is 25.0. The molecule has 2 bridgehead atoms. The van der Waals surface area contributed by atoms with E-state index in [1.807, 2.05) is 56.9 Å². The maximum Gasteiger partial charge on any atom is 0.410 e. The second-order valence-electron chi connectivity index (χ2n) is 9.02. The van der Waals surface area contributed by atoms with E-state index in [2.05, 4.69) is 6.58 Å². The van der Waals surface area contributed by atoms with Gasteiger partial charge in [0.1, 0.15) is 5.60 Å². The van der Waals surface area contributed by atoms with E-state index < -0.39 is 5.60 Å². The van der Waals surface area contributed by atoms with E-state index in [4.69, 9.17) is 4.74 Å². The Morgan fingerprint density at radius 1 is 1.04 bits per heavy atom. The molecule has 1 amide bonds. The van der Waals surface area contributed by atoms with Gasteiger partial charge in [-0.05, 0) is 65.4 Å². The van der Waals surface area contributed by atoms with Crippen molar-refractivity contribution in [3.8, 4) is 0 Å². The van der Waals surface area contributed by atoms with Gasteiger partial charge in [-0.3, -0.25) is 4.79 Å². The number of allylic oxidation sites excluding steroid dienone is 1. The molecular weight excluding hydrogens is 338 g/mol. The Kier molecular flexibility index (Phi) is 5.45. The lowest BCUT2D eigenvalue weighted by atomic mass is 9.76. The highest BCUT2D eigenvalue weighted by Crippen LogP contribution is 2.39. The molecule has 0 spiro atoms. The maximum absolute atomic E-state index is 13.1. The zero-order chi connectivity index (χ0) is 19.8. The summed E-state index contributed by atoms with van der Waals surface area (Å²) in [6.07, 6.45) is 4.26. The number of hydrogen-bond donors (Lipinski definition) is 0. The number of hydrogen-bond acceptors (Lipinski definition) is 3. The summed E-state index contributed by atoms with van der Waals surface area (Å²) in [7, 11) is 0. The summed E-state index contributed by atoms with van der Waals surface area (Å²) in [6, 6.07) is 7.95. The van der Waals surface area contributed by atoms with Gasteiger partial charge in [0.25, 0.3) is 0 Å². The summed E-state index contributed by atoms with van der Waals surface area (Å²) in [5, 5.41) is 0. The Morgan fingerprint density at radius 2 is 1.56 bits per heavy atom. The second-order valence-corrected chi connectivity index (χ2v) is 9.02. The number of ether oxygens (including phenoxy) is 1. The van der Waals surface area contributed by atoms with Gasteiger partial charge in [0, 0.05) is 23.6 Å². The molecule has 2 aliphatic rings. The van der Waals surface area contributed by atoms with E-state index in [0.717, 1.165) is 48.8 Å². The van der Waals surface area contributed by atoms with Gasteiger partial charge in [0.2, 0.25) is 0 Å². The van der Waals surface area contributed by atoms with Crippen molar-refractivity contribution < 1.29 is 14.3 Å². The van der Waals surface area contributed by atoms with Crippen LogP contribution < -0.4 is 0 Å². The average Bonchev–Trinajstić information content (AvgIpc) is 2.58. The molecule has 0 radical (unpaired) electrons. The molecule has 4 heteroatoms. The monoisotopic (exact) mass is 369 g/mol. The minimum atomic E-state index is -0.497. The fourth-order valence-corrected chi connectivity index (χ4v) is 4.36. The van der Waals surface area contributed by atoms with Crippen molar-refractivity contribution in [3.05, 3.63) is 42.0 Å². The Balaban J connectivity index is 1.73. The van der Waals surface area contributed by atoms with Gasteiger partial charge in [-0.1, -0.05) is 36.4 Å². The van der Waals surface area contributed by atoms with Crippen LogP contribution in [0.3, 0.4) is 0 Å². The van der Waals surface area contributed by atoms with Crippen LogP contribution in [-0.2, 0) is 4.74 Å². The number of Topliss-reactive ketones (excluding diaryl/α,β-unsaturated/α-hetero) is 1. The SMILES string of the molecule is C=C(C)c1ccc(C(=O)C2CC3CCCC(C2)N3C(=O)OC(C)(C)C)cc1. The van der Waals surface area contributed by atoms with Crippen molar-refractivity contribution in [2.75, 3.05) is 0 Å². The molecule has 2 heterocycles. The molecule has 1 aromatic rings. The maximum atomic E-state index is 13.1. The lowest BCUT2D eigenvalue weighted by Crippen LogP contribution is -2.56. The number of carbonyl (C=O) groups is 2. The Labute approximate surface area is 162 Å². The highest BCUT2D eigenvalue weighted by atomic mass is 16.6. The van der Waals surface area contributed by atoms with Crippen LogP contribution >= 0.6 is 0 Å². The molecule has 146 valence electrons. The summed E-state index contributed by atoms with van der Waals surface area (Å²) in [5.74, 6) is 0.179. The van der Waals surface area contributed by atoms with Crippen LogP contribution in [0, 0.1) is 5.92 Å². The first-order valence-electron chi connectivity index (χ1n) is 9.97. The van der Waals surface area contributed by atoms with Crippen molar-refractivity contribution >= 4 is 17.4 Å². The Bertz CT molecular complexity index is 715. The summed E-state index contributed by atoms with van der Waals surface area (Å²) in [4.78, 5) is 27.7. The van der Waals surface area contributed by atoms with Gasteiger partial charge in [0.15, 0.2) is 5.78 Å². The number of ketones is 1. The standard InChI is InChI=1S/C23H31NO3/c1-15(2)16-9-11-17(12-10-16)21(25)18-13-19-7-6-8-20(14-18)24(19)22(26)27-23(3,4)5/h9-12,18-20H,1,6-8,13-14H2,2-5H3. The molecule has 27 heavy (non-hydrogen) atoms. The smallest absolute Gasteiger partial charge is 0.410 e. The lowest BCUT2D eigenvalue weighted by molar-refractivity contribution is -0.0260. The van der Waals surface area contributed by atoms with Crippen molar-refractivity contribution in [3.63, 3.8) is 0 Å². The highest BCUT2D eigenvalue weighted by Gasteiger charge is 2.44. The summed E-state index contributed by atoms with van der Waals surface area (Å²) >= 11 is 0. The van der Waals surface area contributed by atoms with Gasteiger partial charge < -0.3 is 9.64 Å². The quantitative estimate of drug-likeness (QED) is 0.664. The fraction of sp³-hybridized carbons (Fsp3) is 0.565. The summed E-state index contributed by atoms with van der Waals surface area (Å²) in [5.41, 5.74) is 2.31. The van der Waals surface area contributed by atoms with Gasteiger partial charge >= 0.3 is 6.09 Å². The first kappa shape index (κ1) is 19.7. The van der Waals surface area contributed by atoms with E-state index >= 15 is 0 Å². The van der Waals surface area contributed by atoms with E-state index in [1.165, 1.54) is 0 Å². The number of fused-ring (bicyclic) bond motifs is 2. The number of piperidine rings is 2. The Morgan fingerprint density at radius 3 is 2.04 bits per heavy atom. The van der Waals surface area contributed by atoms with E-state index in [1.54, 1.807) is 0 Å². The molecule has 1 aromatic carbocycles. The molecule has 2 atom stereocenters. The number of rotatable bonds is 3. The predicted molar refractivity (Wildman–Crippen MR) is 108 cm³/mol. The van der Waals surface area contributed by atoms with Gasteiger partial charge in [-0.2, -0.15) is 0 Å². The first-order valence-corrected chi connectivity index (χ1v) is 9.97. The summed E-state index contributed by atoms with van der Waals surface area (Å²) < 4.78 is 5.62. The number of amides is 1. The zero-order valence-corrected chi connectivity index (χ0v) is 17.0. The Hall–Kier alpha value is -2.10. The molecule has 0 saturated carbocycles. The van der Waals surface area contributed by atoms with Crippen LogP contribution in [0.25, 0.3) is 5.57 Å². The van der Waals surface area contributed by atoms with Crippen LogP contribution in [0.4, 0.5) is 4.79 Å². The average molecular weight is 370 g/mol. The predicted octanol–water partition coefficient (Wildman–Crippen LogP) is 5.47. The second kappa shape index (κ2) is 7.49. The molecule has 2 saturated heterocycles. The van der Waals surface area contributed by atoms with Gasteiger partial charge in [0.05, 0.1) is 0 Å². The van der Waals surface area contributed by atoms with Crippen molar-refractivity contribution in [1.29, 1.82) is 0 Å². The molecular formula is C23H31NO3. The van der Waals surface area contributed by atoms with Crippen molar-refractivity contribution in [2.24, 2.45) is 5.92 Å². The van der Waals surface area contributed by atoms with Crippen LogP contribution in [0.1, 0.15) is 75.7 Å². The number of carbonyl (C=O) groups excluding carboxylic acids is 2. The molecule has 0 aliphatic carbocycles. The highest BCUT2D eigenvalue weighted by molar-refractivity contribution is 5.98. The molecule has 0 N–H and O–H groups in total. The van der Waals surface area contributed by atoms with E-state index in [9.17, 15) is 9.59 Å². The van der Waals surface area contributed by atoms with Gasteiger partial charge in [-0.15, -0.1) is 0 Å². The fourth-order valence-electron chi connectivity index (χ4n) is 4.36. The van der Waals surface area contributed by atoms with E-state index in [0.29, 0.717) is 0 Å².